The van der Waals surface area contributed by atoms with Gasteiger partial charge in [0.05, 0.1) is 0 Å². The van der Waals surface area contributed by atoms with Gasteiger partial charge in [-0.25, -0.2) is 0 Å². The van der Waals surface area contributed by atoms with Crippen LogP contribution in [0.15, 0.2) is 0 Å². The van der Waals surface area contributed by atoms with Gasteiger partial charge in [-0.1, -0.05) is 13.8 Å². The van der Waals surface area contributed by atoms with Crippen molar-refractivity contribution in [2.75, 3.05) is 13.1 Å². The highest BCUT2D eigenvalue weighted by Gasteiger charge is 2.29. The molecule has 1 atom stereocenters. The van der Waals surface area contributed by atoms with E-state index in [1.165, 1.54) is 45.2 Å². The molecular weight excluding hydrogens is 172 g/mol. The minimum absolute atomic E-state index is 0.407. The van der Waals surface area contributed by atoms with E-state index in [2.05, 4.69) is 25.7 Å². The Kier molecular flexibility index (Phi) is 4.39. The monoisotopic (exact) mass is 198 g/mol. The van der Waals surface area contributed by atoms with E-state index in [9.17, 15) is 0 Å². The summed E-state index contributed by atoms with van der Waals surface area (Å²) in [5.41, 5.74) is 6.40. The molecule has 2 N–H and O–H groups in total. The molecule has 1 heterocycles. The van der Waals surface area contributed by atoms with Crippen molar-refractivity contribution < 1.29 is 0 Å². The predicted octanol–water partition coefficient (Wildman–Crippen LogP) is 2.38. The molecule has 0 amide bonds. The molecule has 0 radical (unpaired) electrons. The summed E-state index contributed by atoms with van der Waals surface area (Å²) in [4.78, 5) is 2.65. The van der Waals surface area contributed by atoms with Crippen molar-refractivity contribution in [2.45, 2.75) is 64.5 Å². The van der Waals surface area contributed by atoms with Gasteiger partial charge in [0, 0.05) is 18.1 Å². The standard InChI is InChI=1S/C12H26N2/c1-4-12(3,5-2)14-9-6-7-11(13)8-10-14/h11H,4-10,13H2,1-3H3. The van der Waals surface area contributed by atoms with E-state index >= 15 is 0 Å². The first kappa shape index (κ1) is 12.0. The summed E-state index contributed by atoms with van der Waals surface area (Å²) in [6, 6.07) is 0.443. The maximum Gasteiger partial charge on any atom is 0.0176 e. The number of hydrogen-bond acceptors (Lipinski definition) is 2. The van der Waals surface area contributed by atoms with E-state index in [0.29, 0.717) is 11.6 Å². The van der Waals surface area contributed by atoms with Gasteiger partial charge >= 0.3 is 0 Å². The first-order valence-corrected chi connectivity index (χ1v) is 6.13. The molecule has 1 aliphatic heterocycles. The van der Waals surface area contributed by atoms with Crippen molar-refractivity contribution in [2.24, 2.45) is 5.73 Å². The highest BCUT2D eigenvalue weighted by atomic mass is 15.2. The molecule has 0 saturated carbocycles. The van der Waals surface area contributed by atoms with Gasteiger partial charge in [0.2, 0.25) is 0 Å². The normalized spacial score (nSPS) is 26.1. The maximum absolute atomic E-state index is 6.00. The van der Waals surface area contributed by atoms with Gasteiger partial charge in [0.1, 0.15) is 0 Å². The first-order chi connectivity index (χ1) is 6.62. The SMILES string of the molecule is CCC(C)(CC)N1CCCC(N)CC1. The highest BCUT2D eigenvalue weighted by molar-refractivity contribution is 4.86. The summed E-state index contributed by atoms with van der Waals surface area (Å²) in [7, 11) is 0. The molecule has 1 saturated heterocycles. The Labute approximate surface area is 88.8 Å². The summed E-state index contributed by atoms with van der Waals surface area (Å²) in [6.07, 6.45) is 6.16. The van der Waals surface area contributed by atoms with Crippen LogP contribution in [0.5, 0.6) is 0 Å². The minimum atomic E-state index is 0.407. The van der Waals surface area contributed by atoms with Crippen LogP contribution in [0.4, 0.5) is 0 Å². The molecule has 14 heavy (non-hydrogen) atoms. The summed E-state index contributed by atoms with van der Waals surface area (Å²) in [5.74, 6) is 0. The quantitative estimate of drug-likeness (QED) is 0.754. The fourth-order valence-electron chi connectivity index (χ4n) is 2.36. The summed E-state index contributed by atoms with van der Waals surface area (Å²) < 4.78 is 0. The van der Waals surface area contributed by atoms with E-state index in [4.69, 9.17) is 5.73 Å². The summed E-state index contributed by atoms with van der Waals surface area (Å²) in [6.45, 7) is 9.43. The Morgan fingerprint density at radius 3 is 2.43 bits per heavy atom. The molecule has 0 aromatic heterocycles. The fraction of sp³-hybridized carbons (Fsp3) is 1.00. The number of nitrogens with zero attached hydrogens (tertiary/aromatic N) is 1. The second-order valence-electron chi connectivity index (χ2n) is 4.88. The van der Waals surface area contributed by atoms with E-state index in [-0.39, 0.29) is 0 Å². The van der Waals surface area contributed by atoms with Gasteiger partial charge < -0.3 is 5.73 Å². The first-order valence-electron chi connectivity index (χ1n) is 6.13. The van der Waals surface area contributed by atoms with Gasteiger partial charge in [-0.3, -0.25) is 4.90 Å². The third-order valence-electron chi connectivity index (χ3n) is 4.06. The van der Waals surface area contributed by atoms with Gasteiger partial charge in [0.25, 0.3) is 0 Å². The third-order valence-corrected chi connectivity index (χ3v) is 4.06. The second kappa shape index (κ2) is 5.13. The lowest BCUT2D eigenvalue weighted by Gasteiger charge is -2.40. The fourth-order valence-corrected chi connectivity index (χ4v) is 2.36. The molecule has 84 valence electrons. The lowest BCUT2D eigenvalue weighted by atomic mass is 9.93. The zero-order valence-corrected chi connectivity index (χ0v) is 10.1. The zero-order chi connectivity index (χ0) is 10.6. The van der Waals surface area contributed by atoms with Crippen molar-refractivity contribution in [1.82, 2.24) is 4.90 Å². The van der Waals surface area contributed by atoms with Crippen LogP contribution in [-0.4, -0.2) is 29.6 Å². The Hall–Kier alpha value is -0.0800. The van der Waals surface area contributed by atoms with Crippen LogP contribution < -0.4 is 5.73 Å². The van der Waals surface area contributed by atoms with E-state index in [1.54, 1.807) is 0 Å². The van der Waals surface area contributed by atoms with Crippen LogP contribution in [0.3, 0.4) is 0 Å². The Bertz CT molecular complexity index is 164. The van der Waals surface area contributed by atoms with Gasteiger partial charge in [0.15, 0.2) is 0 Å². The summed E-state index contributed by atoms with van der Waals surface area (Å²) in [5, 5.41) is 0. The minimum Gasteiger partial charge on any atom is -0.328 e. The molecule has 0 bridgehead atoms. The van der Waals surface area contributed by atoms with Crippen molar-refractivity contribution in [3.63, 3.8) is 0 Å². The lowest BCUT2D eigenvalue weighted by molar-refractivity contribution is 0.0985. The van der Waals surface area contributed by atoms with E-state index in [1.807, 2.05) is 0 Å². The largest absolute Gasteiger partial charge is 0.328 e. The van der Waals surface area contributed by atoms with Crippen LogP contribution in [0, 0.1) is 0 Å². The Morgan fingerprint density at radius 1 is 1.21 bits per heavy atom. The highest BCUT2D eigenvalue weighted by Crippen LogP contribution is 2.26. The van der Waals surface area contributed by atoms with Crippen LogP contribution in [0.25, 0.3) is 0 Å². The van der Waals surface area contributed by atoms with Crippen molar-refractivity contribution in [3.8, 4) is 0 Å². The van der Waals surface area contributed by atoms with Crippen LogP contribution in [0.2, 0.25) is 0 Å². The second-order valence-corrected chi connectivity index (χ2v) is 4.88. The number of likely N-dealkylation sites (tertiary alicyclic amines) is 1. The molecule has 1 aliphatic rings. The number of nitrogens with two attached hydrogens (primary N) is 1. The van der Waals surface area contributed by atoms with Gasteiger partial charge in [-0.05, 0) is 45.6 Å². The molecule has 0 aliphatic carbocycles. The number of hydrogen-bond donors (Lipinski definition) is 1. The maximum atomic E-state index is 6.00. The molecule has 1 fully saturated rings. The molecule has 2 heteroatoms. The Morgan fingerprint density at radius 2 is 1.86 bits per heavy atom. The molecule has 1 unspecified atom stereocenters. The lowest BCUT2D eigenvalue weighted by Crippen LogP contribution is -2.46. The van der Waals surface area contributed by atoms with E-state index in [0.717, 1.165) is 0 Å². The van der Waals surface area contributed by atoms with Crippen molar-refractivity contribution in [1.29, 1.82) is 0 Å². The van der Waals surface area contributed by atoms with Crippen molar-refractivity contribution in [3.05, 3.63) is 0 Å². The van der Waals surface area contributed by atoms with Crippen LogP contribution >= 0.6 is 0 Å². The topological polar surface area (TPSA) is 29.3 Å². The van der Waals surface area contributed by atoms with E-state index < -0.39 is 0 Å². The predicted molar refractivity (Wildman–Crippen MR) is 62.4 cm³/mol. The molecule has 2 nitrogen and oxygen atoms in total. The molecule has 0 aromatic carbocycles. The number of rotatable bonds is 3. The molecule has 0 aromatic rings. The molecular formula is C12H26N2. The average molecular weight is 198 g/mol. The third kappa shape index (κ3) is 2.71. The summed E-state index contributed by atoms with van der Waals surface area (Å²) >= 11 is 0. The van der Waals surface area contributed by atoms with Crippen LogP contribution in [-0.2, 0) is 0 Å². The van der Waals surface area contributed by atoms with Gasteiger partial charge in [-0.2, -0.15) is 0 Å². The molecule has 1 rings (SSSR count). The Balaban J connectivity index is 2.57. The van der Waals surface area contributed by atoms with Crippen LogP contribution in [0.1, 0.15) is 52.9 Å². The van der Waals surface area contributed by atoms with Crippen molar-refractivity contribution >= 4 is 0 Å². The zero-order valence-electron chi connectivity index (χ0n) is 10.1. The molecule has 0 spiro atoms. The van der Waals surface area contributed by atoms with Gasteiger partial charge in [-0.15, -0.1) is 0 Å². The average Bonchev–Trinajstić information content (AvgIpc) is 2.42. The smallest absolute Gasteiger partial charge is 0.0176 e.